The molecule has 0 unspecified atom stereocenters. The van der Waals surface area contributed by atoms with Crippen molar-refractivity contribution in [2.75, 3.05) is 46.4 Å². The molecule has 5 heteroatoms. The molecule has 1 amide bonds. The van der Waals surface area contributed by atoms with Crippen molar-refractivity contribution >= 4 is 5.91 Å². The number of fused-ring (bicyclic) bond motifs is 1. The van der Waals surface area contributed by atoms with E-state index in [9.17, 15) is 4.79 Å². The van der Waals surface area contributed by atoms with Crippen LogP contribution in [0.1, 0.15) is 30.4 Å². The molecule has 0 atom stereocenters. The third-order valence-electron chi connectivity index (χ3n) is 7.32. The summed E-state index contributed by atoms with van der Waals surface area (Å²) in [6.07, 6.45) is 5.07. The molecule has 1 saturated carbocycles. The molecular weight excluding hydrogens is 386 g/mol. The molecule has 0 aromatic heterocycles. The molecule has 1 aliphatic carbocycles. The van der Waals surface area contributed by atoms with Crippen molar-refractivity contribution in [2.24, 2.45) is 0 Å². The Bertz CT molecular complexity index is 932. The van der Waals surface area contributed by atoms with Crippen LogP contribution in [0.3, 0.4) is 0 Å². The Hall–Kier alpha value is -2.37. The number of benzene rings is 2. The zero-order chi connectivity index (χ0) is 21.2. The van der Waals surface area contributed by atoms with Crippen molar-refractivity contribution in [1.29, 1.82) is 0 Å². The minimum Gasteiger partial charge on any atom is -0.497 e. The van der Waals surface area contributed by atoms with Gasteiger partial charge in [-0.2, -0.15) is 0 Å². The maximum atomic E-state index is 12.9. The van der Waals surface area contributed by atoms with Crippen LogP contribution < -0.4 is 4.74 Å². The Morgan fingerprint density at radius 1 is 0.968 bits per heavy atom. The molecule has 0 bridgehead atoms. The number of piperazine rings is 1. The van der Waals surface area contributed by atoms with E-state index in [2.05, 4.69) is 45.0 Å². The highest BCUT2D eigenvalue weighted by atomic mass is 16.5. The van der Waals surface area contributed by atoms with Gasteiger partial charge in [0.1, 0.15) is 5.75 Å². The largest absolute Gasteiger partial charge is 0.497 e. The van der Waals surface area contributed by atoms with Gasteiger partial charge >= 0.3 is 0 Å². The molecule has 2 heterocycles. The predicted octanol–water partition coefficient (Wildman–Crippen LogP) is 3.42. The summed E-state index contributed by atoms with van der Waals surface area (Å²) in [7, 11) is 1.70. The fourth-order valence-electron chi connectivity index (χ4n) is 5.11. The molecule has 2 aromatic carbocycles. The standard InChI is InChI=1S/C26H33N3O2/c1-31-25-7-2-4-20(17-25)21-8-9-23-18-27(11-10-22(23)16-21)19-26(30)29-14-12-28(13-15-29)24-5-3-6-24/h2,4,7-9,16-17,24H,3,5-6,10-15,18-19H2,1H3. The van der Waals surface area contributed by atoms with E-state index < -0.39 is 0 Å². The topological polar surface area (TPSA) is 36.0 Å². The number of methoxy groups -OCH3 is 1. The van der Waals surface area contributed by atoms with Gasteiger partial charge in [0.15, 0.2) is 0 Å². The van der Waals surface area contributed by atoms with Crippen molar-refractivity contribution in [3.63, 3.8) is 0 Å². The molecule has 1 saturated heterocycles. The number of carbonyl (C=O) groups is 1. The van der Waals surface area contributed by atoms with Gasteiger partial charge in [-0.3, -0.25) is 14.6 Å². The average Bonchev–Trinajstić information content (AvgIpc) is 2.78. The van der Waals surface area contributed by atoms with Crippen molar-refractivity contribution in [2.45, 2.75) is 38.3 Å². The van der Waals surface area contributed by atoms with E-state index in [-0.39, 0.29) is 0 Å². The van der Waals surface area contributed by atoms with Crippen molar-refractivity contribution in [3.8, 4) is 16.9 Å². The maximum absolute atomic E-state index is 12.9. The smallest absolute Gasteiger partial charge is 0.236 e. The first-order chi connectivity index (χ1) is 15.2. The first kappa shape index (κ1) is 20.5. The molecule has 0 radical (unpaired) electrons. The van der Waals surface area contributed by atoms with Crippen LogP contribution in [0, 0.1) is 0 Å². The SMILES string of the molecule is COc1cccc(-c2ccc3c(c2)CCN(CC(=O)N2CCN(C4CCC4)CC2)C3)c1. The summed E-state index contributed by atoms with van der Waals surface area (Å²) in [6, 6.07) is 15.7. The second kappa shape index (κ2) is 9.01. The first-order valence-electron chi connectivity index (χ1n) is 11.7. The molecule has 164 valence electrons. The van der Waals surface area contributed by atoms with Gasteiger partial charge in [0.05, 0.1) is 13.7 Å². The Morgan fingerprint density at radius 2 is 1.77 bits per heavy atom. The van der Waals surface area contributed by atoms with Crippen LogP contribution in [-0.4, -0.2) is 73.0 Å². The number of hydrogen-bond acceptors (Lipinski definition) is 4. The molecule has 3 aliphatic rings. The normalized spacial score (nSPS) is 20.2. The minimum atomic E-state index is 0.296. The van der Waals surface area contributed by atoms with E-state index in [0.717, 1.165) is 57.5 Å². The quantitative estimate of drug-likeness (QED) is 0.744. The highest BCUT2D eigenvalue weighted by Gasteiger charge is 2.30. The summed E-state index contributed by atoms with van der Waals surface area (Å²) in [5.74, 6) is 1.18. The molecule has 5 rings (SSSR count). The number of ether oxygens (including phenoxy) is 1. The van der Waals surface area contributed by atoms with E-state index >= 15 is 0 Å². The summed E-state index contributed by atoms with van der Waals surface area (Å²) < 4.78 is 5.37. The summed E-state index contributed by atoms with van der Waals surface area (Å²) in [5, 5.41) is 0. The summed E-state index contributed by atoms with van der Waals surface area (Å²) >= 11 is 0. The number of amides is 1. The van der Waals surface area contributed by atoms with E-state index in [1.165, 1.54) is 41.5 Å². The average molecular weight is 420 g/mol. The number of nitrogens with zero attached hydrogens (tertiary/aromatic N) is 3. The number of rotatable bonds is 5. The second-order valence-corrected chi connectivity index (χ2v) is 9.18. The highest BCUT2D eigenvalue weighted by Crippen LogP contribution is 2.29. The number of hydrogen-bond donors (Lipinski definition) is 0. The molecule has 0 N–H and O–H groups in total. The molecule has 2 aromatic rings. The van der Waals surface area contributed by atoms with Crippen LogP contribution in [0.25, 0.3) is 11.1 Å². The van der Waals surface area contributed by atoms with Crippen LogP contribution in [-0.2, 0) is 17.8 Å². The third-order valence-corrected chi connectivity index (χ3v) is 7.32. The lowest BCUT2D eigenvalue weighted by Crippen LogP contribution is -2.55. The Labute approximate surface area is 185 Å². The van der Waals surface area contributed by atoms with Gasteiger partial charge in [-0.25, -0.2) is 0 Å². The fraction of sp³-hybridized carbons (Fsp3) is 0.500. The Kier molecular flexibility index (Phi) is 5.97. The lowest BCUT2D eigenvalue weighted by Gasteiger charge is -2.43. The van der Waals surface area contributed by atoms with Gasteiger partial charge in [0.2, 0.25) is 5.91 Å². The molecule has 5 nitrogen and oxygen atoms in total. The zero-order valence-corrected chi connectivity index (χ0v) is 18.6. The van der Waals surface area contributed by atoms with Crippen LogP contribution in [0.4, 0.5) is 0 Å². The van der Waals surface area contributed by atoms with E-state index in [4.69, 9.17) is 4.74 Å². The lowest BCUT2D eigenvalue weighted by molar-refractivity contribution is -0.135. The van der Waals surface area contributed by atoms with Gasteiger partial charge in [-0.15, -0.1) is 0 Å². The number of carbonyl (C=O) groups excluding carboxylic acids is 1. The molecule has 2 aliphatic heterocycles. The third kappa shape index (κ3) is 4.48. The van der Waals surface area contributed by atoms with Gasteiger partial charge in [-0.1, -0.05) is 36.8 Å². The zero-order valence-electron chi connectivity index (χ0n) is 18.6. The monoisotopic (exact) mass is 419 g/mol. The van der Waals surface area contributed by atoms with Gasteiger partial charge in [0.25, 0.3) is 0 Å². The summed E-state index contributed by atoms with van der Waals surface area (Å²) in [5.41, 5.74) is 5.16. The minimum absolute atomic E-state index is 0.296. The lowest BCUT2D eigenvalue weighted by atomic mass is 9.91. The molecule has 0 spiro atoms. The van der Waals surface area contributed by atoms with E-state index in [0.29, 0.717) is 12.5 Å². The van der Waals surface area contributed by atoms with Gasteiger partial charge < -0.3 is 9.64 Å². The van der Waals surface area contributed by atoms with Crippen LogP contribution >= 0.6 is 0 Å². The Balaban J connectivity index is 1.17. The highest BCUT2D eigenvalue weighted by molar-refractivity contribution is 5.78. The van der Waals surface area contributed by atoms with Crippen molar-refractivity contribution in [3.05, 3.63) is 53.6 Å². The van der Waals surface area contributed by atoms with Crippen LogP contribution in [0.15, 0.2) is 42.5 Å². The Morgan fingerprint density at radius 3 is 2.52 bits per heavy atom. The molecule has 2 fully saturated rings. The van der Waals surface area contributed by atoms with Crippen LogP contribution in [0.5, 0.6) is 5.75 Å². The maximum Gasteiger partial charge on any atom is 0.236 e. The first-order valence-corrected chi connectivity index (χ1v) is 11.7. The van der Waals surface area contributed by atoms with Gasteiger partial charge in [-0.05, 0) is 53.6 Å². The molecular formula is C26H33N3O2. The van der Waals surface area contributed by atoms with E-state index in [1.807, 2.05) is 12.1 Å². The van der Waals surface area contributed by atoms with Crippen molar-refractivity contribution in [1.82, 2.24) is 14.7 Å². The predicted molar refractivity (Wildman–Crippen MR) is 123 cm³/mol. The summed E-state index contributed by atoms with van der Waals surface area (Å²) in [4.78, 5) is 19.9. The van der Waals surface area contributed by atoms with Crippen LogP contribution in [0.2, 0.25) is 0 Å². The summed E-state index contributed by atoms with van der Waals surface area (Å²) in [6.45, 7) is 6.23. The van der Waals surface area contributed by atoms with Gasteiger partial charge in [0, 0.05) is 45.3 Å². The second-order valence-electron chi connectivity index (χ2n) is 9.18. The fourth-order valence-corrected chi connectivity index (χ4v) is 5.11. The van der Waals surface area contributed by atoms with Crippen molar-refractivity contribution < 1.29 is 9.53 Å². The van der Waals surface area contributed by atoms with E-state index in [1.54, 1.807) is 7.11 Å². The molecule has 31 heavy (non-hydrogen) atoms.